The number of rotatable bonds is 8. The topological polar surface area (TPSA) is 98.4 Å². The number of fused-ring (bicyclic) bond motifs is 1. The predicted octanol–water partition coefficient (Wildman–Crippen LogP) is 3.37. The maximum Gasteiger partial charge on any atom is 0.261 e. The molecule has 2 aromatic carbocycles. The van der Waals surface area contributed by atoms with E-state index in [0.717, 1.165) is 11.3 Å². The van der Waals surface area contributed by atoms with Crippen molar-refractivity contribution >= 4 is 12.0 Å². The monoisotopic (exact) mass is 444 g/mol. The Bertz CT molecular complexity index is 1190. The number of aromatic nitrogens is 2. The van der Waals surface area contributed by atoms with E-state index < -0.39 is 5.91 Å². The Balaban J connectivity index is 1.72. The van der Waals surface area contributed by atoms with Gasteiger partial charge in [-0.05, 0) is 42.8 Å². The number of ether oxygens (including phenoxy) is 3. The van der Waals surface area contributed by atoms with E-state index in [0.29, 0.717) is 55.5 Å². The summed E-state index contributed by atoms with van der Waals surface area (Å²) in [5.74, 6) is 0.881. The van der Waals surface area contributed by atoms with Crippen LogP contribution in [0.3, 0.4) is 0 Å². The summed E-state index contributed by atoms with van der Waals surface area (Å²) in [4.78, 5) is 12.6. The van der Waals surface area contributed by atoms with Crippen LogP contribution in [0.5, 0.6) is 11.5 Å². The number of para-hydroxylation sites is 1. The van der Waals surface area contributed by atoms with E-state index in [4.69, 9.17) is 19.3 Å². The van der Waals surface area contributed by atoms with Crippen LogP contribution in [-0.2, 0) is 9.53 Å². The lowest BCUT2D eigenvalue weighted by molar-refractivity contribution is -0.117. The number of methoxy groups -OCH3 is 1. The highest BCUT2D eigenvalue weighted by atomic mass is 16.6. The minimum Gasteiger partial charge on any atom is -0.486 e. The van der Waals surface area contributed by atoms with Crippen LogP contribution in [0.2, 0.25) is 0 Å². The van der Waals surface area contributed by atoms with Gasteiger partial charge in [-0.15, -0.1) is 0 Å². The molecule has 33 heavy (non-hydrogen) atoms. The van der Waals surface area contributed by atoms with Gasteiger partial charge < -0.3 is 19.5 Å². The first-order valence-corrected chi connectivity index (χ1v) is 10.6. The predicted molar refractivity (Wildman–Crippen MR) is 123 cm³/mol. The van der Waals surface area contributed by atoms with Crippen molar-refractivity contribution in [3.8, 4) is 34.5 Å². The molecule has 1 amide bonds. The normalized spacial score (nSPS) is 12.8. The lowest BCUT2D eigenvalue weighted by Crippen LogP contribution is -2.26. The lowest BCUT2D eigenvalue weighted by atomic mass is 10.0. The van der Waals surface area contributed by atoms with Gasteiger partial charge in [0.15, 0.2) is 11.5 Å². The Kier molecular flexibility index (Phi) is 7.03. The first kappa shape index (κ1) is 22.1. The molecule has 168 valence electrons. The largest absolute Gasteiger partial charge is 0.486 e. The highest BCUT2D eigenvalue weighted by Gasteiger charge is 2.18. The molecule has 0 unspecified atom stereocenters. The average molecular weight is 444 g/mol. The second-order valence-corrected chi connectivity index (χ2v) is 7.34. The van der Waals surface area contributed by atoms with Crippen molar-refractivity contribution in [2.75, 3.05) is 33.5 Å². The van der Waals surface area contributed by atoms with Gasteiger partial charge >= 0.3 is 0 Å². The summed E-state index contributed by atoms with van der Waals surface area (Å²) in [5, 5.41) is 17.1. The van der Waals surface area contributed by atoms with Gasteiger partial charge in [-0.1, -0.05) is 18.2 Å². The van der Waals surface area contributed by atoms with Crippen LogP contribution in [0.25, 0.3) is 23.0 Å². The molecule has 3 aromatic rings. The van der Waals surface area contributed by atoms with Crippen molar-refractivity contribution in [2.24, 2.45) is 0 Å². The van der Waals surface area contributed by atoms with Crippen molar-refractivity contribution in [3.63, 3.8) is 0 Å². The minimum absolute atomic E-state index is 0.00109. The quantitative estimate of drug-likeness (QED) is 0.325. The van der Waals surface area contributed by atoms with E-state index in [1.54, 1.807) is 24.1 Å². The molecule has 8 nitrogen and oxygen atoms in total. The average Bonchev–Trinajstić information content (AvgIpc) is 3.29. The Labute approximate surface area is 192 Å². The first-order chi connectivity index (χ1) is 16.2. The molecule has 8 heteroatoms. The van der Waals surface area contributed by atoms with E-state index in [2.05, 4.69) is 5.32 Å². The third-order valence-electron chi connectivity index (χ3n) is 5.05. The minimum atomic E-state index is -0.436. The van der Waals surface area contributed by atoms with E-state index in [1.165, 1.54) is 0 Å². The number of carbonyl (C=O) groups is 1. The smallest absolute Gasteiger partial charge is 0.261 e. The maximum absolute atomic E-state index is 12.6. The zero-order chi connectivity index (χ0) is 23.0. The van der Waals surface area contributed by atoms with Crippen molar-refractivity contribution in [3.05, 3.63) is 65.9 Å². The molecule has 4 rings (SSSR count). The zero-order valence-corrected chi connectivity index (χ0v) is 18.3. The number of nitrogens with zero attached hydrogens (tertiary/aromatic N) is 3. The Morgan fingerprint density at radius 3 is 2.76 bits per heavy atom. The maximum atomic E-state index is 12.6. The van der Waals surface area contributed by atoms with Gasteiger partial charge in [0.25, 0.3) is 5.91 Å². The van der Waals surface area contributed by atoms with Crippen LogP contribution >= 0.6 is 0 Å². The molecule has 0 spiro atoms. The second kappa shape index (κ2) is 10.5. The third kappa shape index (κ3) is 5.22. The van der Waals surface area contributed by atoms with Crippen LogP contribution in [0.4, 0.5) is 0 Å². The van der Waals surface area contributed by atoms with Crippen LogP contribution in [0.1, 0.15) is 12.0 Å². The number of nitriles is 1. The Morgan fingerprint density at radius 1 is 1.21 bits per heavy atom. The summed E-state index contributed by atoms with van der Waals surface area (Å²) in [5.41, 5.74) is 2.91. The summed E-state index contributed by atoms with van der Waals surface area (Å²) in [6.45, 7) is 1.94. The SMILES string of the molecule is COCCCNC(=O)C(C#N)=Cc1cn(-c2ccccc2)nc1-c1ccc2c(c1)OCCO2. The van der Waals surface area contributed by atoms with Crippen LogP contribution < -0.4 is 14.8 Å². The first-order valence-electron chi connectivity index (χ1n) is 10.6. The summed E-state index contributed by atoms with van der Waals surface area (Å²) < 4.78 is 18.1. The van der Waals surface area contributed by atoms with Gasteiger partial charge in [0.05, 0.1) is 5.69 Å². The van der Waals surface area contributed by atoms with Crippen molar-refractivity contribution in [2.45, 2.75) is 6.42 Å². The Hall–Kier alpha value is -4.09. The van der Waals surface area contributed by atoms with Gasteiger partial charge in [0.1, 0.15) is 30.6 Å². The number of nitrogens with one attached hydrogen (secondary N) is 1. The molecule has 1 aliphatic heterocycles. The lowest BCUT2D eigenvalue weighted by Gasteiger charge is -2.18. The van der Waals surface area contributed by atoms with E-state index >= 15 is 0 Å². The standard InChI is InChI=1S/C25H24N4O4/c1-31-11-5-10-27-25(30)19(16-26)14-20-17-29(21-6-3-2-4-7-21)28-24(20)18-8-9-22-23(15-18)33-13-12-32-22/h2-4,6-9,14-15,17H,5,10-13H2,1H3,(H,27,30). The van der Waals surface area contributed by atoms with Gasteiger partial charge in [-0.2, -0.15) is 10.4 Å². The summed E-state index contributed by atoms with van der Waals surface area (Å²) in [6.07, 6.45) is 4.02. The van der Waals surface area contributed by atoms with E-state index in [-0.39, 0.29) is 5.57 Å². The second-order valence-electron chi connectivity index (χ2n) is 7.34. The fourth-order valence-corrected chi connectivity index (χ4v) is 3.44. The molecule has 0 atom stereocenters. The van der Waals surface area contributed by atoms with Crippen LogP contribution in [0.15, 0.2) is 60.3 Å². The molecule has 1 N–H and O–H groups in total. The number of hydrogen-bond acceptors (Lipinski definition) is 6. The molecular weight excluding hydrogens is 420 g/mol. The number of benzene rings is 2. The van der Waals surface area contributed by atoms with Gasteiger partial charge in [-0.25, -0.2) is 4.68 Å². The molecule has 2 heterocycles. The van der Waals surface area contributed by atoms with Crippen molar-refractivity contribution in [1.29, 1.82) is 5.26 Å². The molecule has 1 aromatic heterocycles. The molecule has 0 saturated carbocycles. The highest BCUT2D eigenvalue weighted by molar-refractivity contribution is 6.02. The third-order valence-corrected chi connectivity index (χ3v) is 5.05. The van der Waals surface area contributed by atoms with Crippen molar-refractivity contribution in [1.82, 2.24) is 15.1 Å². The number of hydrogen-bond donors (Lipinski definition) is 1. The Morgan fingerprint density at radius 2 is 2.00 bits per heavy atom. The molecule has 1 aliphatic rings. The fourth-order valence-electron chi connectivity index (χ4n) is 3.44. The van der Waals surface area contributed by atoms with Crippen LogP contribution in [-0.4, -0.2) is 49.2 Å². The molecule has 0 radical (unpaired) electrons. The molecular formula is C25H24N4O4. The van der Waals surface area contributed by atoms with E-state index in [9.17, 15) is 10.1 Å². The number of carbonyl (C=O) groups excluding carboxylic acids is 1. The zero-order valence-electron chi connectivity index (χ0n) is 18.3. The molecule has 0 fully saturated rings. The van der Waals surface area contributed by atoms with E-state index in [1.807, 2.05) is 54.6 Å². The number of amides is 1. The van der Waals surface area contributed by atoms with Gasteiger partial charge in [-0.3, -0.25) is 4.79 Å². The molecule has 0 aliphatic carbocycles. The molecule has 0 saturated heterocycles. The van der Waals surface area contributed by atoms with Crippen LogP contribution in [0, 0.1) is 11.3 Å². The van der Waals surface area contributed by atoms with Gasteiger partial charge in [0, 0.05) is 37.6 Å². The highest BCUT2D eigenvalue weighted by Crippen LogP contribution is 2.35. The summed E-state index contributed by atoms with van der Waals surface area (Å²) in [7, 11) is 1.60. The van der Waals surface area contributed by atoms with Gasteiger partial charge in [0.2, 0.25) is 0 Å². The van der Waals surface area contributed by atoms with Crippen molar-refractivity contribution < 1.29 is 19.0 Å². The fraction of sp³-hybridized carbons (Fsp3) is 0.240. The summed E-state index contributed by atoms with van der Waals surface area (Å²) in [6, 6.07) is 17.2. The summed E-state index contributed by atoms with van der Waals surface area (Å²) >= 11 is 0. The molecule has 0 bridgehead atoms.